The molecule has 132 valence electrons. The molecule has 0 saturated carbocycles. The van der Waals surface area contributed by atoms with Crippen LogP contribution in [-0.4, -0.2) is 17.6 Å². The van der Waals surface area contributed by atoms with Gasteiger partial charge < -0.3 is 15.4 Å². The summed E-state index contributed by atoms with van der Waals surface area (Å²) < 4.78 is 6.13. The summed E-state index contributed by atoms with van der Waals surface area (Å²) in [5.74, 6) is -0.186. The molecule has 0 aliphatic heterocycles. The zero-order valence-corrected chi connectivity index (χ0v) is 16.0. The van der Waals surface area contributed by atoms with Crippen molar-refractivity contribution < 1.29 is 14.3 Å². The summed E-state index contributed by atoms with van der Waals surface area (Å²) in [5.41, 5.74) is 1.62. The maximum Gasteiger partial charge on any atom is 0.407 e. The van der Waals surface area contributed by atoms with Gasteiger partial charge >= 0.3 is 6.09 Å². The Morgan fingerprint density at radius 3 is 2.16 bits per heavy atom. The van der Waals surface area contributed by atoms with Crippen LogP contribution >= 0.6 is 15.9 Å². The molecule has 0 unspecified atom stereocenters. The van der Waals surface area contributed by atoms with Gasteiger partial charge in [-0.3, -0.25) is 4.79 Å². The largest absolute Gasteiger partial charge is 0.444 e. The van der Waals surface area contributed by atoms with Crippen LogP contribution in [0.1, 0.15) is 36.7 Å². The SMILES string of the molecule is CC(C)(C)OC(=O)NCc1ccc(C(=O)Nc2ccc(Br)cc2)cc1. The first kappa shape index (κ1) is 19.0. The fourth-order valence-electron chi connectivity index (χ4n) is 2.00. The monoisotopic (exact) mass is 404 g/mol. The molecule has 2 amide bonds. The normalized spacial score (nSPS) is 10.9. The molecular weight excluding hydrogens is 384 g/mol. The summed E-state index contributed by atoms with van der Waals surface area (Å²) in [5, 5.41) is 5.51. The van der Waals surface area contributed by atoms with E-state index in [2.05, 4.69) is 26.6 Å². The molecular formula is C19H21BrN2O3. The third kappa shape index (κ3) is 6.58. The number of benzene rings is 2. The van der Waals surface area contributed by atoms with Gasteiger partial charge in [0.1, 0.15) is 5.60 Å². The van der Waals surface area contributed by atoms with Crippen LogP contribution in [0.3, 0.4) is 0 Å². The lowest BCUT2D eigenvalue weighted by Crippen LogP contribution is -2.32. The fourth-order valence-corrected chi connectivity index (χ4v) is 2.26. The van der Waals surface area contributed by atoms with Gasteiger partial charge in [0.25, 0.3) is 5.91 Å². The van der Waals surface area contributed by atoms with Crippen LogP contribution < -0.4 is 10.6 Å². The van der Waals surface area contributed by atoms with E-state index in [1.54, 1.807) is 24.3 Å². The van der Waals surface area contributed by atoms with Crippen LogP contribution in [0.5, 0.6) is 0 Å². The number of ether oxygens (including phenoxy) is 1. The quantitative estimate of drug-likeness (QED) is 0.773. The van der Waals surface area contributed by atoms with Crippen molar-refractivity contribution in [2.75, 3.05) is 5.32 Å². The molecule has 0 aliphatic rings. The molecule has 6 heteroatoms. The summed E-state index contributed by atoms with van der Waals surface area (Å²) in [7, 11) is 0. The second-order valence-electron chi connectivity index (χ2n) is 6.51. The average Bonchev–Trinajstić information content (AvgIpc) is 2.54. The average molecular weight is 405 g/mol. The zero-order valence-electron chi connectivity index (χ0n) is 14.4. The number of halogens is 1. The van der Waals surface area contributed by atoms with E-state index in [0.717, 1.165) is 15.7 Å². The number of hydrogen-bond donors (Lipinski definition) is 2. The van der Waals surface area contributed by atoms with E-state index in [1.165, 1.54) is 0 Å². The first-order valence-electron chi connectivity index (χ1n) is 7.86. The van der Waals surface area contributed by atoms with Crippen LogP contribution in [-0.2, 0) is 11.3 Å². The van der Waals surface area contributed by atoms with Gasteiger partial charge in [-0.05, 0) is 62.7 Å². The van der Waals surface area contributed by atoms with Crippen molar-refractivity contribution in [3.05, 3.63) is 64.1 Å². The van der Waals surface area contributed by atoms with Crippen LogP contribution in [0.25, 0.3) is 0 Å². The summed E-state index contributed by atoms with van der Waals surface area (Å²) >= 11 is 3.35. The van der Waals surface area contributed by atoms with E-state index >= 15 is 0 Å². The molecule has 5 nitrogen and oxygen atoms in total. The highest BCUT2D eigenvalue weighted by molar-refractivity contribution is 9.10. The molecule has 0 radical (unpaired) electrons. The molecule has 0 spiro atoms. The molecule has 2 aromatic rings. The Kier molecular flexibility index (Phi) is 6.20. The zero-order chi connectivity index (χ0) is 18.4. The minimum Gasteiger partial charge on any atom is -0.444 e. The van der Waals surface area contributed by atoms with Gasteiger partial charge in [0.15, 0.2) is 0 Å². The molecule has 0 aliphatic carbocycles. The van der Waals surface area contributed by atoms with Crippen molar-refractivity contribution in [3.8, 4) is 0 Å². The minimum atomic E-state index is -0.529. The smallest absolute Gasteiger partial charge is 0.407 e. The number of carbonyl (C=O) groups excluding carboxylic acids is 2. The summed E-state index contributed by atoms with van der Waals surface area (Å²) in [6.07, 6.45) is -0.468. The highest BCUT2D eigenvalue weighted by atomic mass is 79.9. The van der Waals surface area contributed by atoms with Crippen molar-refractivity contribution in [3.63, 3.8) is 0 Å². The minimum absolute atomic E-state index is 0.186. The van der Waals surface area contributed by atoms with Gasteiger partial charge in [-0.2, -0.15) is 0 Å². The Labute approximate surface area is 155 Å². The number of carbonyl (C=O) groups is 2. The van der Waals surface area contributed by atoms with Gasteiger partial charge in [-0.1, -0.05) is 28.1 Å². The molecule has 0 saturated heterocycles. The molecule has 0 bridgehead atoms. The fraction of sp³-hybridized carbons (Fsp3) is 0.263. The van der Waals surface area contributed by atoms with E-state index in [9.17, 15) is 9.59 Å². The maximum atomic E-state index is 12.2. The van der Waals surface area contributed by atoms with Crippen LogP contribution in [0, 0.1) is 0 Å². The number of anilines is 1. The third-order valence-electron chi connectivity index (χ3n) is 3.15. The standard InChI is InChI=1S/C19H21BrN2O3/c1-19(2,3)25-18(24)21-12-13-4-6-14(7-5-13)17(23)22-16-10-8-15(20)9-11-16/h4-11H,12H2,1-3H3,(H,21,24)(H,22,23). The molecule has 0 aromatic heterocycles. The van der Waals surface area contributed by atoms with Gasteiger partial charge in [-0.15, -0.1) is 0 Å². The Morgan fingerprint density at radius 1 is 1.00 bits per heavy atom. The Hall–Kier alpha value is -2.34. The van der Waals surface area contributed by atoms with E-state index < -0.39 is 11.7 Å². The van der Waals surface area contributed by atoms with Crippen molar-refractivity contribution in [1.82, 2.24) is 5.32 Å². The lowest BCUT2D eigenvalue weighted by Gasteiger charge is -2.19. The highest BCUT2D eigenvalue weighted by Gasteiger charge is 2.15. The second-order valence-corrected chi connectivity index (χ2v) is 7.43. The Balaban J connectivity index is 1.89. The molecule has 0 fully saturated rings. The van der Waals surface area contributed by atoms with Gasteiger partial charge in [0, 0.05) is 22.3 Å². The Bertz CT molecular complexity index is 735. The number of nitrogens with one attached hydrogen (secondary N) is 2. The first-order valence-corrected chi connectivity index (χ1v) is 8.65. The van der Waals surface area contributed by atoms with Crippen molar-refractivity contribution in [2.24, 2.45) is 0 Å². The van der Waals surface area contributed by atoms with E-state index in [1.807, 2.05) is 45.0 Å². The predicted molar refractivity (Wildman–Crippen MR) is 102 cm³/mol. The number of amides is 2. The van der Waals surface area contributed by atoms with Gasteiger partial charge in [0.2, 0.25) is 0 Å². The lowest BCUT2D eigenvalue weighted by atomic mass is 10.1. The predicted octanol–water partition coefficient (Wildman–Crippen LogP) is 4.73. The highest BCUT2D eigenvalue weighted by Crippen LogP contribution is 2.15. The molecule has 2 aromatic carbocycles. The molecule has 25 heavy (non-hydrogen) atoms. The van der Waals surface area contributed by atoms with Gasteiger partial charge in [0.05, 0.1) is 0 Å². The summed E-state index contributed by atoms with van der Waals surface area (Å²) in [6, 6.07) is 14.4. The Morgan fingerprint density at radius 2 is 1.60 bits per heavy atom. The van der Waals surface area contributed by atoms with Crippen LogP contribution in [0.4, 0.5) is 10.5 Å². The van der Waals surface area contributed by atoms with Crippen molar-refractivity contribution in [2.45, 2.75) is 32.9 Å². The second kappa shape index (κ2) is 8.16. The number of rotatable bonds is 4. The topological polar surface area (TPSA) is 67.4 Å². The van der Waals surface area contributed by atoms with E-state index in [0.29, 0.717) is 12.1 Å². The third-order valence-corrected chi connectivity index (χ3v) is 3.68. The van der Waals surface area contributed by atoms with Crippen LogP contribution in [0.15, 0.2) is 53.0 Å². The summed E-state index contributed by atoms with van der Waals surface area (Å²) in [4.78, 5) is 23.9. The lowest BCUT2D eigenvalue weighted by molar-refractivity contribution is 0.0523. The molecule has 2 N–H and O–H groups in total. The van der Waals surface area contributed by atoms with Crippen LogP contribution in [0.2, 0.25) is 0 Å². The van der Waals surface area contributed by atoms with E-state index in [4.69, 9.17) is 4.74 Å². The molecule has 0 heterocycles. The van der Waals surface area contributed by atoms with Gasteiger partial charge in [-0.25, -0.2) is 4.79 Å². The van der Waals surface area contributed by atoms with E-state index in [-0.39, 0.29) is 5.91 Å². The summed E-state index contributed by atoms with van der Waals surface area (Å²) in [6.45, 7) is 5.77. The number of alkyl carbamates (subject to hydrolysis) is 1. The molecule has 0 atom stereocenters. The molecule has 2 rings (SSSR count). The maximum absolute atomic E-state index is 12.2. The first-order chi connectivity index (χ1) is 11.7. The van der Waals surface area contributed by atoms with Crippen molar-refractivity contribution in [1.29, 1.82) is 0 Å². The number of hydrogen-bond acceptors (Lipinski definition) is 3. The van der Waals surface area contributed by atoms with Crippen molar-refractivity contribution >= 4 is 33.6 Å².